The molecule has 1 heterocycles. The van der Waals surface area contributed by atoms with E-state index in [1.807, 2.05) is 51.1 Å². The first-order valence-electron chi connectivity index (χ1n) is 9.98. The van der Waals surface area contributed by atoms with Crippen LogP contribution < -0.4 is 5.32 Å². The van der Waals surface area contributed by atoms with Crippen LogP contribution in [0.5, 0.6) is 0 Å². The molecule has 2 N–H and O–H groups in total. The average molecular weight is 399 g/mol. The smallest absolute Gasteiger partial charge is 0.270 e. The standard InChI is InChI=1S/C22H29N3O4/c1-4-5-8-17(13-25(29)14-26)21(27)20(15(2)3)24-22(28)19-12-11-16-9-6-7-10-18(16)23-19/h6-7,9-12,14-15,17,20,29H,4-5,8,13H2,1-3H3,(H,24,28)/t17-,20+/m1/s1. The predicted molar refractivity (Wildman–Crippen MR) is 110 cm³/mol. The van der Waals surface area contributed by atoms with E-state index < -0.39 is 17.9 Å². The third-order valence-corrected chi connectivity index (χ3v) is 4.93. The van der Waals surface area contributed by atoms with Gasteiger partial charge < -0.3 is 5.32 Å². The van der Waals surface area contributed by atoms with E-state index in [9.17, 15) is 19.6 Å². The average Bonchev–Trinajstić information content (AvgIpc) is 2.73. The molecule has 0 aliphatic carbocycles. The fourth-order valence-corrected chi connectivity index (χ4v) is 3.27. The first-order valence-corrected chi connectivity index (χ1v) is 9.98. The quantitative estimate of drug-likeness (QED) is 0.343. The lowest BCUT2D eigenvalue weighted by atomic mass is 9.87. The van der Waals surface area contributed by atoms with E-state index in [4.69, 9.17) is 0 Å². The number of nitrogens with one attached hydrogen (secondary N) is 1. The fraction of sp³-hybridized carbons (Fsp3) is 0.455. The van der Waals surface area contributed by atoms with Crippen LogP contribution in [0.15, 0.2) is 36.4 Å². The van der Waals surface area contributed by atoms with E-state index in [1.54, 1.807) is 6.07 Å². The van der Waals surface area contributed by atoms with Gasteiger partial charge in [0.1, 0.15) is 5.69 Å². The van der Waals surface area contributed by atoms with Crippen LogP contribution in [0.3, 0.4) is 0 Å². The Kier molecular flexibility index (Phi) is 8.27. The number of ketones is 1. The molecular formula is C22H29N3O4. The Hall–Kier alpha value is -2.80. The van der Waals surface area contributed by atoms with E-state index in [-0.39, 0.29) is 30.3 Å². The lowest BCUT2D eigenvalue weighted by Gasteiger charge is -2.27. The molecular weight excluding hydrogens is 370 g/mol. The van der Waals surface area contributed by atoms with Crippen molar-refractivity contribution in [2.24, 2.45) is 11.8 Å². The van der Waals surface area contributed by atoms with Crippen molar-refractivity contribution in [3.8, 4) is 0 Å². The molecule has 7 heteroatoms. The van der Waals surface area contributed by atoms with Gasteiger partial charge in [-0.1, -0.05) is 57.9 Å². The number of carbonyl (C=O) groups is 3. The van der Waals surface area contributed by atoms with Crippen LogP contribution in [-0.4, -0.2) is 45.9 Å². The van der Waals surface area contributed by atoms with Crippen molar-refractivity contribution >= 4 is 29.0 Å². The summed E-state index contributed by atoms with van der Waals surface area (Å²) in [5, 5.41) is 13.8. The van der Waals surface area contributed by atoms with E-state index in [0.29, 0.717) is 17.0 Å². The van der Waals surface area contributed by atoms with Crippen molar-refractivity contribution in [2.75, 3.05) is 6.54 Å². The fourth-order valence-electron chi connectivity index (χ4n) is 3.27. The molecule has 0 saturated heterocycles. The van der Waals surface area contributed by atoms with Gasteiger partial charge in [0.25, 0.3) is 5.91 Å². The number of para-hydroxylation sites is 1. The topological polar surface area (TPSA) is 99.6 Å². The lowest BCUT2D eigenvalue weighted by molar-refractivity contribution is -0.154. The zero-order valence-electron chi connectivity index (χ0n) is 17.2. The maximum atomic E-state index is 13.1. The number of hydroxylamine groups is 2. The van der Waals surface area contributed by atoms with E-state index >= 15 is 0 Å². The van der Waals surface area contributed by atoms with Crippen LogP contribution >= 0.6 is 0 Å². The monoisotopic (exact) mass is 399 g/mol. The molecule has 1 aromatic carbocycles. The van der Waals surface area contributed by atoms with Gasteiger partial charge in [-0.15, -0.1) is 0 Å². The molecule has 2 atom stereocenters. The Morgan fingerprint density at radius 1 is 1.21 bits per heavy atom. The summed E-state index contributed by atoms with van der Waals surface area (Å²) in [7, 11) is 0. The minimum Gasteiger partial charge on any atom is -0.341 e. The van der Waals surface area contributed by atoms with E-state index in [2.05, 4.69) is 10.3 Å². The first kappa shape index (κ1) is 22.5. The van der Waals surface area contributed by atoms with Gasteiger partial charge in [0.05, 0.1) is 18.1 Å². The minimum atomic E-state index is -0.738. The summed E-state index contributed by atoms with van der Waals surface area (Å²) in [6.45, 7) is 5.62. The van der Waals surface area contributed by atoms with Crippen LogP contribution in [0, 0.1) is 11.8 Å². The van der Waals surface area contributed by atoms with Gasteiger partial charge in [-0.3, -0.25) is 19.6 Å². The van der Waals surface area contributed by atoms with Gasteiger partial charge >= 0.3 is 0 Å². The SMILES string of the molecule is CCCC[C@H](CN(O)C=O)C(=O)[C@@H](NC(=O)c1ccc2ccccc2n1)C(C)C. The lowest BCUT2D eigenvalue weighted by Crippen LogP contribution is -2.48. The minimum absolute atomic E-state index is 0.0877. The Morgan fingerprint density at radius 2 is 1.93 bits per heavy atom. The molecule has 1 aromatic heterocycles. The number of rotatable bonds is 11. The highest BCUT2D eigenvalue weighted by Crippen LogP contribution is 2.18. The zero-order valence-corrected chi connectivity index (χ0v) is 17.2. The summed E-state index contributed by atoms with van der Waals surface area (Å²) < 4.78 is 0. The number of hydrogen-bond donors (Lipinski definition) is 2. The van der Waals surface area contributed by atoms with Crippen LogP contribution in [-0.2, 0) is 9.59 Å². The van der Waals surface area contributed by atoms with Crippen molar-refractivity contribution in [3.63, 3.8) is 0 Å². The summed E-state index contributed by atoms with van der Waals surface area (Å²) in [6, 6.07) is 10.2. The molecule has 156 valence electrons. The Bertz CT molecular complexity index is 853. The van der Waals surface area contributed by atoms with E-state index in [0.717, 1.165) is 18.2 Å². The second-order valence-corrected chi connectivity index (χ2v) is 7.55. The highest BCUT2D eigenvalue weighted by molar-refractivity contribution is 5.98. The maximum Gasteiger partial charge on any atom is 0.270 e. The van der Waals surface area contributed by atoms with Crippen LogP contribution in [0.25, 0.3) is 10.9 Å². The number of pyridine rings is 1. The van der Waals surface area contributed by atoms with Gasteiger partial charge in [0.15, 0.2) is 5.78 Å². The highest BCUT2D eigenvalue weighted by Gasteiger charge is 2.31. The molecule has 0 aliphatic rings. The number of hydrogen-bond acceptors (Lipinski definition) is 5. The second kappa shape index (κ2) is 10.7. The molecule has 0 radical (unpaired) electrons. The predicted octanol–water partition coefficient (Wildman–Crippen LogP) is 3.21. The third-order valence-electron chi connectivity index (χ3n) is 4.93. The first-order chi connectivity index (χ1) is 13.9. The summed E-state index contributed by atoms with van der Waals surface area (Å²) in [5.41, 5.74) is 0.944. The molecule has 29 heavy (non-hydrogen) atoms. The van der Waals surface area contributed by atoms with Crippen molar-refractivity contribution in [1.82, 2.24) is 15.4 Å². The normalized spacial score (nSPS) is 13.1. The van der Waals surface area contributed by atoms with Crippen molar-refractivity contribution in [3.05, 3.63) is 42.1 Å². The number of carbonyl (C=O) groups excluding carboxylic acids is 3. The highest BCUT2D eigenvalue weighted by atomic mass is 16.5. The molecule has 0 aliphatic heterocycles. The Balaban J connectivity index is 2.20. The maximum absolute atomic E-state index is 13.1. The van der Waals surface area contributed by atoms with Crippen molar-refractivity contribution in [1.29, 1.82) is 0 Å². The number of benzene rings is 1. The Labute approximate surface area is 171 Å². The molecule has 0 unspecified atom stereocenters. The third kappa shape index (κ3) is 6.09. The number of nitrogens with zero attached hydrogens (tertiary/aromatic N) is 2. The second-order valence-electron chi connectivity index (χ2n) is 7.55. The van der Waals surface area contributed by atoms with Crippen LogP contribution in [0.1, 0.15) is 50.5 Å². The molecule has 0 fully saturated rings. The van der Waals surface area contributed by atoms with Crippen LogP contribution in [0.2, 0.25) is 0 Å². The van der Waals surface area contributed by atoms with Gasteiger partial charge in [-0.25, -0.2) is 10.0 Å². The molecule has 2 amide bonds. The van der Waals surface area contributed by atoms with Crippen LogP contribution in [0.4, 0.5) is 0 Å². The number of unbranched alkanes of at least 4 members (excludes halogenated alkanes) is 1. The number of fused-ring (bicyclic) bond motifs is 1. The largest absolute Gasteiger partial charge is 0.341 e. The zero-order chi connectivity index (χ0) is 21.4. The molecule has 7 nitrogen and oxygen atoms in total. The van der Waals surface area contributed by atoms with E-state index in [1.165, 1.54) is 0 Å². The summed E-state index contributed by atoms with van der Waals surface area (Å²) >= 11 is 0. The summed E-state index contributed by atoms with van der Waals surface area (Å²) in [6.07, 6.45) is 2.49. The number of amides is 2. The van der Waals surface area contributed by atoms with Crippen molar-refractivity contribution < 1.29 is 19.6 Å². The molecule has 2 rings (SSSR count). The molecule has 0 bridgehead atoms. The number of aromatic nitrogens is 1. The molecule has 0 saturated carbocycles. The molecule has 0 spiro atoms. The van der Waals surface area contributed by atoms with Gasteiger partial charge in [0.2, 0.25) is 6.41 Å². The van der Waals surface area contributed by atoms with Gasteiger partial charge in [0, 0.05) is 11.3 Å². The Morgan fingerprint density at radius 3 is 2.59 bits per heavy atom. The van der Waals surface area contributed by atoms with Gasteiger partial charge in [-0.05, 0) is 24.5 Å². The van der Waals surface area contributed by atoms with Gasteiger partial charge in [-0.2, -0.15) is 0 Å². The summed E-state index contributed by atoms with van der Waals surface area (Å²) in [5.74, 6) is -1.32. The van der Waals surface area contributed by atoms with Crippen molar-refractivity contribution in [2.45, 2.75) is 46.1 Å². The number of Topliss-reactive ketones (excluding diaryl/α,β-unsaturated/α-hetero) is 1. The summed E-state index contributed by atoms with van der Waals surface area (Å²) in [4.78, 5) is 41.1. The molecule has 2 aromatic rings.